The summed E-state index contributed by atoms with van der Waals surface area (Å²) in [7, 11) is 1.72. The Morgan fingerprint density at radius 3 is 2.52 bits per heavy atom. The van der Waals surface area contributed by atoms with Gasteiger partial charge in [-0.25, -0.2) is 0 Å². The molecule has 116 valence electrons. The number of nitrogens with zero attached hydrogens (tertiary/aromatic N) is 2. The molecule has 1 heterocycles. The molecule has 0 atom stereocenters. The lowest BCUT2D eigenvalue weighted by Crippen LogP contribution is -2.65. The Morgan fingerprint density at radius 2 is 1.95 bits per heavy atom. The molecule has 21 heavy (non-hydrogen) atoms. The standard InChI is InChI=1S/C17H27N3O/c1-14-11-17(12-14,13-18)20-8-6-19(7-9-20)15-4-3-5-16(10-15)21-2/h3-5,10,14H,6-9,11-13,18H2,1-2H3. The summed E-state index contributed by atoms with van der Waals surface area (Å²) in [5.74, 6) is 1.77. The minimum atomic E-state index is 0.292. The lowest BCUT2D eigenvalue weighted by atomic mass is 9.68. The van der Waals surface area contributed by atoms with E-state index in [1.165, 1.54) is 18.5 Å². The molecule has 4 nitrogen and oxygen atoms in total. The van der Waals surface area contributed by atoms with Crippen LogP contribution < -0.4 is 15.4 Å². The first-order valence-corrected chi connectivity index (χ1v) is 8.01. The molecule has 2 N–H and O–H groups in total. The number of nitrogens with two attached hydrogens (primary N) is 1. The van der Waals surface area contributed by atoms with Crippen LogP contribution in [0.3, 0.4) is 0 Å². The highest BCUT2D eigenvalue weighted by Gasteiger charge is 2.46. The maximum absolute atomic E-state index is 6.07. The highest BCUT2D eigenvalue weighted by Crippen LogP contribution is 2.42. The summed E-state index contributed by atoms with van der Waals surface area (Å²) in [6, 6.07) is 8.36. The van der Waals surface area contributed by atoms with Crippen LogP contribution in [0.25, 0.3) is 0 Å². The molecule has 0 bridgehead atoms. The summed E-state index contributed by atoms with van der Waals surface area (Å²) in [5.41, 5.74) is 7.63. The molecular weight excluding hydrogens is 262 g/mol. The van der Waals surface area contributed by atoms with Gasteiger partial charge >= 0.3 is 0 Å². The largest absolute Gasteiger partial charge is 0.497 e. The van der Waals surface area contributed by atoms with Crippen LogP contribution in [0.1, 0.15) is 19.8 Å². The molecule has 0 aromatic heterocycles. The van der Waals surface area contributed by atoms with Crippen LogP contribution in [-0.4, -0.2) is 50.3 Å². The van der Waals surface area contributed by atoms with Crippen LogP contribution in [0, 0.1) is 5.92 Å². The SMILES string of the molecule is COc1cccc(N2CCN(C3(CN)CC(C)C3)CC2)c1. The number of piperazine rings is 1. The molecule has 0 radical (unpaired) electrons. The molecule has 1 aliphatic heterocycles. The van der Waals surface area contributed by atoms with E-state index in [-0.39, 0.29) is 0 Å². The number of benzene rings is 1. The topological polar surface area (TPSA) is 41.7 Å². The molecule has 4 heteroatoms. The minimum absolute atomic E-state index is 0.292. The van der Waals surface area contributed by atoms with Crippen molar-refractivity contribution in [3.63, 3.8) is 0 Å². The van der Waals surface area contributed by atoms with E-state index in [4.69, 9.17) is 10.5 Å². The molecule has 1 aromatic carbocycles. The van der Waals surface area contributed by atoms with Crippen LogP contribution in [0.2, 0.25) is 0 Å². The van der Waals surface area contributed by atoms with Gasteiger partial charge in [-0.15, -0.1) is 0 Å². The van der Waals surface area contributed by atoms with E-state index in [1.807, 2.05) is 6.07 Å². The van der Waals surface area contributed by atoms with Crippen molar-refractivity contribution in [3.8, 4) is 5.75 Å². The molecule has 1 aliphatic carbocycles. The second kappa shape index (κ2) is 5.85. The predicted molar refractivity (Wildman–Crippen MR) is 87.0 cm³/mol. The van der Waals surface area contributed by atoms with Gasteiger partial charge in [-0.2, -0.15) is 0 Å². The van der Waals surface area contributed by atoms with Crippen LogP contribution >= 0.6 is 0 Å². The third-order valence-corrected chi connectivity index (χ3v) is 5.21. The highest BCUT2D eigenvalue weighted by atomic mass is 16.5. The van der Waals surface area contributed by atoms with Crippen molar-refractivity contribution in [3.05, 3.63) is 24.3 Å². The molecule has 2 aliphatic rings. The van der Waals surface area contributed by atoms with Crippen LogP contribution in [-0.2, 0) is 0 Å². The molecule has 0 spiro atoms. The zero-order chi connectivity index (χ0) is 14.9. The molecule has 1 aromatic rings. The Morgan fingerprint density at radius 1 is 1.24 bits per heavy atom. The van der Waals surface area contributed by atoms with Gasteiger partial charge in [-0.1, -0.05) is 13.0 Å². The quantitative estimate of drug-likeness (QED) is 0.920. The second-order valence-electron chi connectivity index (χ2n) is 6.62. The number of hydrogen-bond donors (Lipinski definition) is 1. The smallest absolute Gasteiger partial charge is 0.120 e. The van der Waals surface area contributed by atoms with Gasteiger partial charge in [0.2, 0.25) is 0 Å². The van der Waals surface area contributed by atoms with Gasteiger partial charge in [0.1, 0.15) is 5.75 Å². The Balaban J connectivity index is 1.62. The number of anilines is 1. The van der Waals surface area contributed by atoms with E-state index < -0.39 is 0 Å². The highest BCUT2D eigenvalue weighted by molar-refractivity contribution is 5.51. The van der Waals surface area contributed by atoms with E-state index in [0.29, 0.717) is 5.54 Å². The van der Waals surface area contributed by atoms with Crippen LogP contribution in [0.15, 0.2) is 24.3 Å². The first-order valence-electron chi connectivity index (χ1n) is 8.01. The van der Waals surface area contributed by atoms with Gasteiger partial charge < -0.3 is 15.4 Å². The van der Waals surface area contributed by atoms with Crippen molar-refractivity contribution < 1.29 is 4.74 Å². The summed E-state index contributed by atoms with van der Waals surface area (Å²) in [6.45, 7) is 7.51. The molecule has 0 unspecified atom stereocenters. The Hall–Kier alpha value is -1.26. The lowest BCUT2D eigenvalue weighted by Gasteiger charge is -2.55. The molecule has 1 saturated heterocycles. The summed E-state index contributed by atoms with van der Waals surface area (Å²) in [4.78, 5) is 5.08. The van der Waals surface area contributed by atoms with Crippen molar-refractivity contribution >= 4 is 5.69 Å². The number of ether oxygens (including phenoxy) is 1. The fraction of sp³-hybridized carbons (Fsp3) is 0.647. The van der Waals surface area contributed by atoms with Gasteiger partial charge in [0.15, 0.2) is 0 Å². The average Bonchev–Trinajstić information content (AvgIpc) is 2.52. The summed E-state index contributed by atoms with van der Waals surface area (Å²) < 4.78 is 5.32. The normalized spacial score (nSPS) is 30.0. The van der Waals surface area contributed by atoms with Gasteiger partial charge in [0, 0.05) is 50.0 Å². The summed E-state index contributed by atoms with van der Waals surface area (Å²) >= 11 is 0. The first-order chi connectivity index (χ1) is 10.2. The number of methoxy groups -OCH3 is 1. The van der Waals surface area contributed by atoms with Gasteiger partial charge in [0.05, 0.1) is 7.11 Å². The monoisotopic (exact) mass is 289 g/mol. The third kappa shape index (κ3) is 2.74. The van der Waals surface area contributed by atoms with E-state index in [0.717, 1.165) is 44.4 Å². The predicted octanol–water partition coefficient (Wildman–Crippen LogP) is 1.94. The zero-order valence-corrected chi connectivity index (χ0v) is 13.2. The Kier molecular flexibility index (Phi) is 4.09. The first kappa shape index (κ1) is 14.7. The molecular formula is C17H27N3O. The molecule has 0 amide bonds. The lowest BCUT2D eigenvalue weighted by molar-refractivity contribution is -0.0158. The van der Waals surface area contributed by atoms with Crippen LogP contribution in [0.4, 0.5) is 5.69 Å². The maximum Gasteiger partial charge on any atom is 0.120 e. The second-order valence-corrected chi connectivity index (χ2v) is 6.62. The van der Waals surface area contributed by atoms with Gasteiger partial charge in [-0.05, 0) is 30.9 Å². The molecule has 1 saturated carbocycles. The van der Waals surface area contributed by atoms with Crippen molar-refractivity contribution in [2.75, 3.05) is 44.7 Å². The third-order valence-electron chi connectivity index (χ3n) is 5.21. The zero-order valence-electron chi connectivity index (χ0n) is 13.2. The maximum atomic E-state index is 6.07. The Labute approximate surface area is 127 Å². The summed E-state index contributed by atoms with van der Waals surface area (Å²) in [6.07, 6.45) is 2.53. The Bertz CT molecular complexity index is 477. The van der Waals surface area contributed by atoms with Crippen molar-refractivity contribution in [2.24, 2.45) is 11.7 Å². The molecule has 3 rings (SSSR count). The van der Waals surface area contributed by atoms with E-state index in [2.05, 4.69) is 34.9 Å². The minimum Gasteiger partial charge on any atom is -0.497 e. The fourth-order valence-electron chi connectivity index (χ4n) is 4.04. The van der Waals surface area contributed by atoms with E-state index in [9.17, 15) is 0 Å². The van der Waals surface area contributed by atoms with Crippen LogP contribution in [0.5, 0.6) is 5.75 Å². The number of hydrogen-bond acceptors (Lipinski definition) is 4. The fourth-order valence-corrected chi connectivity index (χ4v) is 4.04. The average molecular weight is 289 g/mol. The molecule has 2 fully saturated rings. The van der Waals surface area contributed by atoms with Crippen molar-refractivity contribution in [1.29, 1.82) is 0 Å². The van der Waals surface area contributed by atoms with E-state index >= 15 is 0 Å². The summed E-state index contributed by atoms with van der Waals surface area (Å²) in [5, 5.41) is 0. The van der Waals surface area contributed by atoms with Crippen molar-refractivity contribution in [2.45, 2.75) is 25.3 Å². The van der Waals surface area contributed by atoms with Crippen molar-refractivity contribution in [1.82, 2.24) is 4.90 Å². The van der Waals surface area contributed by atoms with E-state index in [1.54, 1.807) is 7.11 Å². The number of rotatable bonds is 4. The van der Waals surface area contributed by atoms with Gasteiger partial charge in [-0.3, -0.25) is 4.90 Å². The van der Waals surface area contributed by atoms with Gasteiger partial charge in [0.25, 0.3) is 0 Å².